The Hall–Kier alpha value is -1.51. The van der Waals surface area contributed by atoms with E-state index in [9.17, 15) is 5.11 Å². The predicted molar refractivity (Wildman–Crippen MR) is 63.8 cm³/mol. The number of nitrogens with zero attached hydrogens (tertiary/aromatic N) is 2. The zero-order valence-corrected chi connectivity index (χ0v) is 9.64. The van der Waals surface area contributed by atoms with Crippen LogP contribution in [0, 0.1) is 0 Å². The van der Waals surface area contributed by atoms with Gasteiger partial charge in [0.05, 0.1) is 11.0 Å². The van der Waals surface area contributed by atoms with Gasteiger partial charge in [-0.1, -0.05) is 13.8 Å². The van der Waals surface area contributed by atoms with Gasteiger partial charge in [-0.05, 0) is 25.0 Å². The van der Waals surface area contributed by atoms with Crippen molar-refractivity contribution < 1.29 is 5.11 Å². The molecule has 1 N–H and O–H groups in total. The van der Waals surface area contributed by atoms with E-state index in [1.807, 2.05) is 12.1 Å². The highest BCUT2D eigenvalue weighted by Crippen LogP contribution is 2.40. The van der Waals surface area contributed by atoms with Gasteiger partial charge in [0.15, 0.2) is 0 Å². The second-order valence-electron chi connectivity index (χ2n) is 4.90. The summed E-state index contributed by atoms with van der Waals surface area (Å²) in [6, 6.07) is 6.03. The summed E-state index contributed by atoms with van der Waals surface area (Å²) in [6.45, 7) is 4.33. The van der Waals surface area contributed by atoms with E-state index in [-0.39, 0.29) is 0 Å². The largest absolute Gasteiger partial charge is 0.508 e. The molecule has 3 heteroatoms. The van der Waals surface area contributed by atoms with Crippen molar-refractivity contribution in [2.75, 3.05) is 0 Å². The molecule has 3 nitrogen and oxygen atoms in total. The summed E-state index contributed by atoms with van der Waals surface area (Å²) in [4.78, 5) is 4.67. The summed E-state index contributed by atoms with van der Waals surface area (Å²) in [6.07, 6.45) is 2.47. The molecule has 1 aromatic carbocycles. The number of fused-ring (bicyclic) bond motifs is 1. The van der Waals surface area contributed by atoms with E-state index in [2.05, 4.69) is 23.4 Å². The molecular formula is C13H16N2O. The van der Waals surface area contributed by atoms with Crippen molar-refractivity contribution in [2.45, 2.75) is 38.6 Å². The highest BCUT2D eigenvalue weighted by molar-refractivity contribution is 5.78. The molecule has 2 aromatic rings. The Morgan fingerprint density at radius 1 is 1.38 bits per heavy atom. The maximum Gasteiger partial charge on any atom is 0.117 e. The maximum atomic E-state index is 9.56. The summed E-state index contributed by atoms with van der Waals surface area (Å²) in [5, 5.41) is 9.56. The fourth-order valence-corrected chi connectivity index (χ4v) is 2.22. The van der Waals surface area contributed by atoms with Crippen LogP contribution in [0.15, 0.2) is 18.2 Å². The molecule has 0 amide bonds. The van der Waals surface area contributed by atoms with Crippen LogP contribution >= 0.6 is 0 Å². The van der Waals surface area contributed by atoms with Gasteiger partial charge in [0.2, 0.25) is 0 Å². The van der Waals surface area contributed by atoms with E-state index in [0.717, 1.165) is 16.9 Å². The van der Waals surface area contributed by atoms with Crippen LogP contribution in [-0.4, -0.2) is 14.7 Å². The van der Waals surface area contributed by atoms with Gasteiger partial charge < -0.3 is 9.67 Å². The molecular weight excluding hydrogens is 200 g/mol. The van der Waals surface area contributed by atoms with Crippen molar-refractivity contribution in [3.05, 3.63) is 24.0 Å². The third kappa shape index (κ3) is 1.39. The third-order valence-corrected chi connectivity index (χ3v) is 3.13. The smallest absolute Gasteiger partial charge is 0.117 e. The van der Waals surface area contributed by atoms with E-state index in [0.29, 0.717) is 17.7 Å². The minimum atomic E-state index is 0.324. The average molecular weight is 216 g/mol. The van der Waals surface area contributed by atoms with Crippen molar-refractivity contribution in [1.29, 1.82) is 0 Å². The van der Waals surface area contributed by atoms with Crippen LogP contribution in [0.5, 0.6) is 5.75 Å². The van der Waals surface area contributed by atoms with Crippen molar-refractivity contribution in [3.8, 4) is 5.75 Å². The van der Waals surface area contributed by atoms with Gasteiger partial charge in [-0.25, -0.2) is 4.98 Å². The molecule has 1 aliphatic rings. The van der Waals surface area contributed by atoms with Gasteiger partial charge in [-0.2, -0.15) is 0 Å². The van der Waals surface area contributed by atoms with Crippen LogP contribution in [0.3, 0.4) is 0 Å². The lowest BCUT2D eigenvalue weighted by atomic mass is 10.2. The fraction of sp³-hybridized carbons (Fsp3) is 0.462. The number of imidazole rings is 1. The van der Waals surface area contributed by atoms with Gasteiger partial charge in [-0.15, -0.1) is 0 Å². The van der Waals surface area contributed by atoms with Gasteiger partial charge in [0.25, 0.3) is 0 Å². The quantitative estimate of drug-likeness (QED) is 0.837. The van der Waals surface area contributed by atoms with E-state index >= 15 is 0 Å². The Bertz CT molecular complexity index is 538. The molecule has 0 saturated heterocycles. The number of hydrogen-bond acceptors (Lipinski definition) is 2. The van der Waals surface area contributed by atoms with Crippen molar-refractivity contribution in [3.63, 3.8) is 0 Å². The molecule has 1 aromatic heterocycles. The molecule has 0 radical (unpaired) electrons. The Morgan fingerprint density at radius 3 is 2.75 bits per heavy atom. The molecule has 0 aliphatic heterocycles. The lowest BCUT2D eigenvalue weighted by molar-refractivity contribution is 0.475. The van der Waals surface area contributed by atoms with Gasteiger partial charge >= 0.3 is 0 Å². The Labute approximate surface area is 94.7 Å². The molecule has 0 unspecified atom stereocenters. The normalized spacial score (nSPS) is 16.2. The highest BCUT2D eigenvalue weighted by atomic mass is 16.3. The van der Waals surface area contributed by atoms with Crippen molar-refractivity contribution >= 4 is 11.0 Å². The average Bonchev–Trinajstić information content (AvgIpc) is 2.99. The number of phenols is 1. The standard InChI is InChI=1S/C13H16N2O/c1-8(2)13-14-11-6-5-10(16)7-12(11)15(13)9-3-4-9/h5-9,16H,3-4H2,1-2H3. The zero-order valence-electron chi connectivity index (χ0n) is 9.64. The molecule has 1 heterocycles. The first-order valence-corrected chi connectivity index (χ1v) is 5.87. The molecule has 1 fully saturated rings. The van der Waals surface area contributed by atoms with Crippen LogP contribution in [0.4, 0.5) is 0 Å². The first-order valence-electron chi connectivity index (χ1n) is 5.87. The van der Waals surface area contributed by atoms with E-state index in [1.165, 1.54) is 12.8 Å². The molecule has 1 saturated carbocycles. The van der Waals surface area contributed by atoms with Gasteiger partial charge in [0, 0.05) is 18.0 Å². The number of aromatic hydroxyl groups is 1. The molecule has 84 valence electrons. The Kier molecular flexibility index (Phi) is 1.96. The molecule has 3 rings (SSSR count). The molecule has 16 heavy (non-hydrogen) atoms. The summed E-state index contributed by atoms with van der Waals surface area (Å²) >= 11 is 0. The lowest BCUT2D eigenvalue weighted by Gasteiger charge is -2.09. The van der Waals surface area contributed by atoms with Crippen LogP contribution < -0.4 is 0 Å². The third-order valence-electron chi connectivity index (χ3n) is 3.13. The number of aromatic nitrogens is 2. The number of hydrogen-bond donors (Lipinski definition) is 1. The van der Waals surface area contributed by atoms with E-state index in [1.54, 1.807) is 6.07 Å². The number of rotatable bonds is 2. The first-order chi connectivity index (χ1) is 7.66. The number of phenolic OH excluding ortho intramolecular Hbond substituents is 1. The van der Waals surface area contributed by atoms with Gasteiger partial charge in [-0.3, -0.25) is 0 Å². The molecule has 0 bridgehead atoms. The predicted octanol–water partition coefficient (Wildman–Crippen LogP) is 3.20. The van der Waals surface area contributed by atoms with Crippen LogP contribution in [-0.2, 0) is 0 Å². The van der Waals surface area contributed by atoms with Crippen molar-refractivity contribution in [1.82, 2.24) is 9.55 Å². The second kappa shape index (κ2) is 3.24. The second-order valence-corrected chi connectivity index (χ2v) is 4.90. The van der Waals surface area contributed by atoms with E-state index < -0.39 is 0 Å². The molecule has 0 atom stereocenters. The zero-order chi connectivity index (χ0) is 11.3. The maximum absolute atomic E-state index is 9.56. The minimum absolute atomic E-state index is 0.324. The van der Waals surface area contributed by atoms with Crippen molar-refractivity contribution in [2.24, 2.45) is 0 Å². The van der Waals surface area contributed by atoms with E-state index in [4.69, 9.17) is 0 Å². The van der Waals surface area contributed by atoms with Crippen LogP contribution in [0.2, 0.25) is 0 Å². The summed E-state index contributed by atoms with van der Waals surface area (Å²) in [7, 11) is 0. The molecule has 0 spiro atoms. The SMILES string of the molecule is CC(C)c1nc2ccc(O)cc2n1C1CC1. The first kappa shape index (κ1) is 9.70. The van der Waals surface area contributed by atoms with Crippen LogP contribution in [0.25, 0.3) is 11.0 Å². The Morgan fingerprint density at radius 2 is 2.12 bits per heavy atom. The summed E-state index contributed by atoms with van der Waals surface area (Å²) in [5.41, 5.74) is 2.07. The van der Waals surface area contributed by atoms with Crippen LogP contribution in [0.1, 0.15) is 44.5 Å². The lowest BCUT2D eigenvalue weighted by Crippen LogP contribution is -2.02. The Balaban J connectivity index is 2.29. The summed E-state index contributed by atoms with van der Waals surface area (Å²) in [5.74, 6) is 1.89. The van der Waals surface area contributed by atoms with Gasteiger partial charge in [0.1, 0.15) is 11.6 Å². The summed E-state index contributed by atoms with van der Waals surface area (Å²) < 4.78 is 2.31. The monoisotopic (exact) mass is 216 g/mol. The minimum Gasteiger partial charge on any atom is -0.508 e. The number of benzene rings is 1. The topological polar surface area (TPSA) is 38.1 Å². The highest BCUT2D eigenvalue weighted by Gasteiger charge is 2.28. The molecule has 1 aliphatic carbocycles. The fourth-order valence-electron chi connectivity index (χ4n) is 2.22.